The van der Waals surface area contributed by atoms with Crippen LogP contribution < -0.4 is 5.32 Å². The van der Waals surface area contributed by atoms with E-state index in [1.807, 2.05) is 13.8 Å². The number of Topliss-reactive ketones (excluding diaryl/α,β-unsaturated/α-hetero) is 1. The van der Waals surface area contributed by atoms with Gasteiger partial charge < -0.3 is 10.3 Å². The first kappa shape index (κ1) is 23.0. The van der Waals surface area contributed by atoms with E-state index in [1.54, 1.807) is 19.1 Å². The quantitative estimate of drug-likeness (QED) is 0.643. The maximum absolute atomic E-state index is 13.9. The number of hydrogen-bond donors (Lipinski definition) is 2. The molecule has 0 saturated carbocycles. The fourth-order valence-corrected chi connectivity index (χ4v) is 5.11. The summed E-state index contributed by atoms with van der Waals surface area (Å²) >= 11 is 0.737. The van der Waals surface area contributed by atoms with Crippen LogP contribution in [0.5, 0.6) is 0 Å². The van der Waals surface area contributed by atoms with E-state index in [0.717, 1.165) is 22.4 Å². The fourth-order valence-electron chi connectivity index (χ4n) is 4.26. The van der Waals surface area contributed by atoms with Gasteiger partial charge in [-0.15, -0.1) is 0 Å². The van der Waals surface area contributed by atoms with Crippen LogP contribution in [0, 0.1) is 18.2 Å². The van der Waals surface area contributed by atoms with E-state index in [9.17, 15) is 23.6 Å². The summed E-state index contributed by atoms with van der Waals surface area (Å²) in [6, 6.07) is 5.98. The Balaban J connectivity index is 1.41. The van der Waals surface area contributed by atoms with Crippen LogP contribution in [0.4, 0.5) is 9.18 Å². The molecule has 2 aliphatic rings. The van der Waals surface area contributed by atoms with Crippen molar-refractivity contribution in [1.29, 1.82) is 0 Å². The Hall–Kier alpha value is -3.20. The Morgan fingerprint density at radius 1 is 1.24 bits per heavy atom. The molecule has 9 heteroatoms. The van der Waals surface area contributed by atoms with Gasteiger partial charge in [-0.1, -0.05) is 32.0 Å². The monoisotopic (exact) mass is 469 g/mol. The minimum Gasteiger partial charge on any atom is -0.354 e. The summed E-state index contributed by atoms with van der Waals surface area (Å²) in [5.41, 5.74) is 2.34. The molecular weight excluding hydrogens is 445 g/mol. The van der Waals surface area contributed by atoms with Crippen molar-refractivity contribution in [2.45, 2.75) is 33.6 Å². The molecule has 1 aliphatic heterocycles. The van der Waals surface area contributed by atoms with Gasteiger partial charge in [0.15, 0.2) is 5.78 Å². The van der Waals surface area contributed by atoms with Gasteiger partial charge in [0.25, 0.3) is 17.1 Å². The molecule has 4 rings (SSSR count). The number of rotatable bonds is 5. The molecule has 0 unspecified atom stereocenters. The Morgan fingerprint density at radius 3 is 2.70 bits per heavy atom. The first-order valence-electron chi connectivity index (χ1n) is 10.6. The molecule has 0 bridgehead atoms. The van der Waals surface area contributed by atoms with Crippen molar-refractivity contribution in [3.05, 3.63) is 63.1 Å². The largest absolute Gasteiger partial charge is 0.354 e. The molecule has 172 valence electrons. The van der Waals surface area contributed by atoms with Crippen molar-refractivity contribution in [3.63, 3.8) is 0 Å². The molecule has 2 aromatic rings. The zero-order valence-electron chi connectivity index (χ0n) is 18.6. The summed E-state index contributed by atoms with van der Waals surface area (Å²) in [7, 11) is 0. The number of aromatic amines is 1. The van der Waals surface area contributed by atoms with Crippen LogP contribution in [0.25, 0.3) is 6.08 Å². The van der Waals surface area contributed by atoms with Gasteiger partial charge in [-0.2, -0.15) is 0 Å². The molecule has 1 aliphatic carbocycles. The number of benzene rings is 1. The van der Waals surface area contributed by atoms with E-state index in [-0.39, 0.29) is 34.8 Å². The number of thioether (sulfide) groups is 1. The number of carbonyl (C=O) groups excluding carboxylic acids is 4. The highest BCUT2D eigenvalue weighted by atomic mass is 32.2. The number of ketones is 1. The number of nitrogens with zero attached hydrogens (tertiary/aromatic N) is 1. The smallest absolute Gasteiger partial charge is 0.293 e. The summed E-state index contributed by atoms with van der Waals surface area (Å²) < 4.78 is 13.9. The average Bonchev–Trinajstić information content (AvgIpc) is 3.19. The zero-order valence-corrected chi connectivity index (χ0v) is 19.4. The zero-order chi connectivity index (χ0) is 23.9. The number of carbonyl (C=O) groups is 4. The van der Waals surface area contributed by atoms with E-state index in [1.165, 1.54) is 18.2 Å². The first-order valence-corrected chi connectivity index (χ1v) is 11.4. The molecule has 7 nitrogen and oxygen atoms in total. The Labute approximate surface area is 194 Å². The molecule has 1 aromatic carbocycles. The van der Waals surface area contributed by atoms with E-state index >= 15 is 0 Å². The number of H-pyrrole nitrogens is 1. The van der Waals surface area contributed by atoms with Gasteiger partial charge in [-0.3, -0.25) is 24.1 Å². The van der Waals surface area contributed by atoms with Crippen LogP contribution in [0.1, 0.15) is 57.9 Å². The van der Waals surface area contributed by atoms with Gasteiger partial charge in [0.05, 0.1) is 4.91 Å². The molecule has 33 heavy (non-hydrogen) atoms. The lowest BCUT2D eigenvalue weighted by atomic mass is 9.75. The van der Waals surface area contributed by atoms with Crippen molar-refractivity contribution in [2.75, 3.05) is 13.1 Å². The van der Waals surface area contributed by atoms with Crippen LogP contribution in [0.3, 0.4) is 0 Å². The number of nitrogens with one attached hydrogen (secondary N) is 2. The van der Waals surface area contributed by atoms with E-state index in [2.05, 4.69) is 10.3 Å². The van der Waals surface area contributed by atoms with Gasteiger partial charge in [-0.05, 0) is 48.2 Å². The number of imide groups is 1. The van der Waals surface area contributed by atoms with Crippen LogP contribution in [0.2, 0.25) is 0 Å². The second kappa shape index (κ2) is 8.62. The molecule has 1 aromatic heterocycles. The molecule has 1 fully saturated rings. The van der Waals surface area contributed by atoms with Gasteiger partial charge >= 0.3 is 0 Å². The minimum atomic E-state index is -0.526. The summed E-state index contributed by atoms with van der Waals surface area (Å²) in [4.78, 5) is 54.4. The Morgan fingerprint density at radius 2 is 1.97 bits per heavy atom. The lowest BCUT2D eigenvalue weighted by Crippen LogP contribution is -2.37. The highest BCUT2D eigenvalue weighted by Crippen LogP contribution is 2.37. The summed E-state index contributed by atoms with van der Waals surface area (Å²) in [5, 5.41) is 2.23. The molecule has 0 atom stereocenters. The summed E-state index contributed by atoms with van der Waals surface area (Å²) in [6.07, 6.45) is 2.46. The first-order chi connectivity index (χ1) is 15.6. The summed E-state index contributed by atoms with van der Waals surface area (Å²) in [6.45, 7) is 5.80. The van der Waals surface area contributed by atoms with Crippen LogP contribution in [-0.2, 0) is 11.2 Å². The van der Waals surface area contributed by atoms with Crippen molar-refractivity contribution in [2.24, 2.45) is 5.41 Å². The number of hydrogen-bond acceptors (Lipinski definition) is 5. The third-order valence-corrected chi connectivity index (χ3v) is 6.72. The van der Waals surface area contributed by atoms with Crippen molar-refractivity contribution >= 4 is 40.7 Å². The highest BCUT2D eigenvalue weighted by molar-refractivity contribution is 8.18. The van der Waals surface area contributed by atoms with Crippen LogP contribution in [-0.4, -0.2) is 45.8 Å². The summed E-state index contributed by atoms with van der Waals surface area (Å²) in [5.74, 6) is -1.39. The lowest BCUT2D eigenvalue weighted by molar-refractivity contribution is -0.122. The molecular formula is C24H24FN3O4S. The molecule has 0 spiro atoms. The lowest BCUT2D eigenvalue weighted by Gasteiger charge is -2.28. The Kier molecular flexibility index (Phi) is 6.00. The standard InChI is InChI=1S/C24H24FN3O4S/c1-13-19-16(11-24(2,3)12-17(19)29)27-20(13)21(30)26-8-9-28-22(31)18(33-23(28)32)10-14-6-4-5-7-15(14)25/h4-7,10,27H,8-9,11-12H2,1-3H3,(H,26,30)/b18-10-. The normalized spacial score (nSPS) is 18.7. The predicted octanol–water partition coefficient (Wildman–Crippen LogP) is 4.08. The van der Waals surface area contributed by atoms with Gasteiger partial charge in [0.2, 0.25) is 0 Å². The molecule has 1 saturated heterocycles. The third kappa shape index (κ3) is 4.50. The molecule has 2 N–H and O–H groups in total. The maximum atomic E-state index is 13.9. The molecule has 2 heterocycles. The van der Waals surface area contributed by atoms with E-state index in [0.29, 0.717) is 29.7 Å². The van der Waals surface area contributed by atoms with Crippen molar-refractivity contribution < 1.29 is 23.6 Å². The number of amides is 3. The van der Waals surface area contributed by atoms with Gasteiger partial charge in [0.1, 0.15) is 11.5 Å². The second-order valence-corrected chi connectivity index (χ2v) is 10.0. The second-order valence-electron chi connectivity index (χ2n) is 9.03. The van der Waals surface area contributed by atoms with E-state index in [4.69, 9.17) is 0 Å². The molecule has 0 radical (unpaired) electrons. The topological polar surface area (TPSA) is 99.3 Å². The molecule has 3 amide bonds. The van der Waals surface area contributed by atoms with Gasteiger partial charge in [-0.25, -0.2) is 4.39 Å². The third-order valence-electron chi connectivity index (χ3n) is 5.81. The van der Waals surface area contributed by atoms with Crippen molar-refractivity contribution in [3.8, 4) is 0 Å². The minimum absolute atomic E-state index is 0.0174. The Bertz CT molecular complexity index is 1210. The highest BCUT2D eigenvalue weighted by Gasteiger charge is 2.36. The van der Waals surface area contributed by atoms with Crippen molar-refractivity contribution in [1.82, 2.24) is 15.2 Å². The maximum Gasteiger partial charge on any atom is 0.293 e. The van der Waals surface area contributed by atoms with Gasteiger partial charge in [0, 0.05) is 36.3 Å². The number of fused-ring (bicyclic) bond motifs is 1. The van der Waals surface area contributed by atoms with Crippen LogP contribution in [0.15, 0.2) is 29.2 Å². The van der Waals surface area contributed by atoms with E-state index < -0.39 is 22.9 Å². The fraction of sp³-hybridized carbons (Fsp3) is 0.333. The van der Waals surface area contributed by atoms with Crippen LogP contribution >= 0.6 is 11.8 Å². The average molecular weight is 470 g/mol. The number of aromatic nitrogens is 1. The SMILES string of the molecule is Cc1c(C(=O)NCCN2C(=O)S/C(=C\c3ccccc3F)C2=O)[nH]c2c1C(=O)CC(C)(C)C2. The number of halogens is 1. The predicted molar refractivity (Wildman–Crippen MR) is 123 cm³/mol.